The average molecular weight is 348 g/mol. The van der Waals surface area contributed by atoms with E-state index < -0.39 is 0 Å². The van der Waals surface area contributed by atoms with Crippen LogP contribution in [0.1, 0.15) is 11.3 Å². The first-order chi connectivity index (χ1) is 12.6. The lowest BCUT2D eigenvalue weighted by atomic mass is 10.2. The molecule has 3 rings (SSSR count). The van der Waals surface area contributed by atoms with Crippen molar-refractivity contribution in [3.63, 3.8) is 0 Å². The maximum absolute atomic E-state index is 12.8. The molecule has 1 aromatic heterocycles. The molecule has 0 radical (unpaired) electrons. The highest BCUT2D eigenvalue weighted by atomic mass is 19.1. The molecule has 5 nitrogen and oxygen atoms in total. The molecule has 0 saturated carbocycles. The molecule has 26 heavy (non-hydrogen) atoms. The molecule has 6 heteroatoms. The number of halogens is 1. The van der Waals surface area contributed by atoms with E-state index >= 15 is 0 Å². The molecular formula is C20H17FN4O. The van der Waals surface area contributed by atoms with Gasteiger partial charge in [-0.15, -0.1) is 0 Å². The molecule has 0 bridgehead atoms. The van der Waals surface area contributed by atoms with Crippen molar-refractivity contribution in [2.75, 3.05) is 10.6 Å². The number of aryl methyl sites for hydroxylation is 1. The molecule has 0 spiro atoms. The van der Waals surface area contributed by atoms with Gasteiger partial charge in [-0.3, -0.25) is 4.79 Å². The molecule has 3 aromatic rings. The van der Waals surface area contributed by atoms with Crippen molar-refractivity contribution >= 4 is 29.2 Å². The van der Waals surface area contributed by atoms with Gasteiger partial charge < -0.3 is 10.6 Å². The number of rotatable bonds is 5. The number of amides is 1. The third-order valence-corrected chi connectivity index (χ3v) is 3.53. The zero-order valence-electron chi connectivity index (χ0n) is 14.1. The highest BCUT2D eigenvalue weighted by molar-refractivity contribution is 6.02. The summed E-state index contributed by atoms with van der Waals surface area (Å²) in [7, 11) is 0. The summed E-state index contributed by atoms with van der Waals surface area (Å²) >= 11 is 0. The van der Waals surface area contributed by atoms with Gasteiger partial charge in [-0.1, -0.05) is 12.1 Å². The number of nitrogens with zero attached hydrogens (tertiary/aromatic N) is 2. The summed E-state index contributed by atoms with van der Waals surface area (Å²) in [6, 6.07) is 15.0. The summed E-state index contributed by atoms with van der Waals surface area (Å²) in [5.74, 6) is 0.135. The predicted molar refractivity (Wildman–Crippen MR) is 101 cm³/mol. The summed E-state index contributed by atoms with van der Waals surface area (Å²) in [5.41, 5.74) is 3.15. The molecule has 0 aliphatic heterocycles. The van der Waals surface area contributed by atoms with Crippen LogP contribution >= 0.6 is 0 Å². The Bertz CT molecular complexity index is 921. The first kappa shape index (κ1) is 17.3. The Hall–Kier alpha value is -3.54. The number of nitrogens with one attached hydrogen (secondary N) is 2. The predicted octanol–water partition coefficient (Wildman–Crippen LogP) is 4.32. The van der Waals surface area contributed by atoms with E-state index in [2.05, 4.69) is 20.6 Å². The van der Waals surface area contributed by atoms with Crippen molar-refractivity contribution in [2.45, 2.75) is 6.92 Å². The molecule has 0 saturated heterocycles. The monoisotopic (exact) mass is 348 g/mol. The summed E-state index contributed by atoms with van der Waals surface area (Å²) in [6.07, 6.45) is 4.53. The standard InChI is InChI=1S/C20H17FN4O/c1-14-12-19(23-13-22-14)24-17-7-9-18(10-8-17)25-20(26)11-4-15-2-5-16(21)6-3-15/h2-13H,1H3,(H,25,26)(H,22,23,24)/b11-4+. The van der Waals surface area contributed by atoms with Gasteiger partial charge in [-0.25, -0.2) is 14.4 Å². The summed E-state index contributed by atoms with van der Waals surface area (Å²) < 4.78 is 12.8. The molecule has 2 N–H and O–H groups in total. The van der Waals surface area contributed by atoms with Gasteiger partial charge in [0.15, 0.2) is 0 Å². The molecule has 0 aliphatic rings. The number of aromatic nitrogens is 2. The second-order valence-corrected chi connectivity index (χ2v) is 5.62. The molecule has 0 unspecified atom stereocenters. The second-order valence-electron chi connectivity index (χ2n) is 5.62. The highest BCUT2D eigenvalue weighted by Crippen LogP contribution is 2.17. The Morgan fingerprint density at radius 1 is 1.00 bits per heavy atom. The lowest BCUT2D eigenvalue weighted by Gasteiger charge is -2.07. The Morgan fingerprint density at radius 3 is 2.38 bits per heavy atom. The third-order valence-electron chi connectivity index (χ3n) is 3.53. The Morgan fingerprint density at radius 2 is 1.69 bits per heavy atom. The number of benzene rings is 2. The van der Waals surface area contributed by atoms with Crippen molar-refractivity contribution in [2.24, 2.45) is 0 Å². The SMILES string of the molecule is Cc1cc(Nc2ccc(NC(=O)/C=C/c3ccc(F)cc3)cc2)ncn1. The van der Waals surface area contributed by atoms with Gasteiger partial charge in [0.1, 0.15) is 18.0 Å². The minimum absolute atomic E-state index is 0.263. The van der Waals surface area contributed by atoms with Crippen LogP contribution in [0.4, 0.5) is 21.6 Å². The van der Waals surface area contributed by atoms with Crippen LogP contribution < -0.4 is 10.6 Å². The molecular weight excluding hydrogens is 331 g/mol. The van der Waals surface area contributed by atoms with Crippen molar-refractivity contribution in [1.29, 1.82) is 0 Å². The maximum atomic E-state index is 12.8. The van der Waals surface area contributed by atoms with Crippen molar-refractivity contribution in [3.8, 4) is 0 Å². The summed E-state index contributed by atoms with van der Waals surface area (Å²) in [6.45, 7) is 1.89. The van der Waals surface area contributed by atoms with Gasteiger partial charge in [0.05, 0.1) is 0 Å². The molecule has 1 amide bonds. The number of hydrogen-bond donors (Lipinski definition) is 2. The van der Waals surface area contributed by atoms with Crippen LogP contribution in [-0.2, 0) is 4.79 Å². The number of carbonyl (C=O) groups is 1. The average Bonchev–Trinajstić information content (AvgIpc) is 2.63. The van der Waals surface area contributed by atoms with Gasteiger partial charge >= 0.3 is 0 Å². The lowest BCUT2D eigenvalue weighted by molar-refractivity contribution is -0.111. The van der Waals surface area contributed by atoms with E-state index in [1.807, 2.05) is 25.1 Å². The van der Waals surface area contributed by atoms with Gasteiger partial charge in [-0.2, -0.15) is 0 Å². The van der Waals surface area contributed by atoms with E-state index in [9.17, 15) is 9.18 Å². The topological polar surface area (TPSA) is 66.9 Å². The largest absolute Gasteiger partial charge is 0.340 e. The smallest absolute Gasteiger partial charge is 0.248 e. The molecule has 1 heterocycles. The number of hydrogen-bond acceptors (Lipinski definition) is 4. The van der Waals surface area contributed by atoms with Gasteiger partial charge in [-0.05, 0) is 55.0 Å². The van der Waals surface area contributed by atoms with Crippen molar-refractivity contribution in [1.82, 2.24) is 9.97 Å². The maximum Gasteiger partial charge on any atom is 0.248 e. The number of carbonyl (C=O) groups excluding carboxylic acids is 1. The van der Waals surface area contributed by atoms with E-state index in [1.54, 1.807) is 30.3 Å². The van der Waals surface area contributed by atoms with Crippen LogP contribution in [0.5, 0.6) is 0 Å². The van der Waals surface area contributed by atoms with Crippen LogP contribution in [-0.4, -0.2) is 15.9 Å². The molecule has 130 valence electrons. The van der Waals surface area contributed by atoms with E-state index in [-0.39, 0.29) is 11.7 Å². The Balaban J connectivity index is 1.58. The van der Waals surface area contributed by atoms with Crippen LogP contribution in [0.3, 0.4) is 0 Å². The van der Waals surface area contributed by atoms with E-state index in [0.29, 0.717) is 11.5 Å². The van der Waals surface area contributed by atoms with Gasteiger partial charge in [0, 0.05) is 29.2 Å². The van der Waals surface area contributed by atoms with Crippen LogP contribution in [0.15, 0.2) is 67.0 Å². The highest BCUT2D eigenvalue weighted by Gasteiger charge is 2.00. The zero-order valence-corrected chi connectivity index (χ0v) is 14.1. The minimum atomic E-state index is -0.308. The lowest BCUT2D eigenvalue weighted by Crippen LogP contribution is -2.07. The quantitative estimate of drug-likeness (QED) is 0.674. The van der Waals surface area contributed by atoms with E-state index in [0.717, 1.165) is 16.9 Å². The first-order valence-corrected chi connectivity index (χ1v) is 7.99. The Kier molecular flexibility index (Phi) is 5.34. The van der Waals surface area contributed by atoms with Crippen molar-refractivity contribution in [3.05, 3.63) is 84.1 Å². The summed E-state index contributed by atoms with van der Waals surface area (Å²) in [5, 5.41) is 5.94. The van der Waals surface area contributed by atoms with Gasteiger partial charge in [0.2, 0.25) is 5.91 Å². The third kappa shape index (κ3) is 4.98. The first-order valence-electron chi connectivity index (χ1n) is 7.99. The van der Waals surface area contributed by atoms with E-state index in [4.69, 9.17) is 0 Å². The summed E-state index contributed by atoms with van der Waals surface area (Å²) in [4.78, 5) is 20.1. The van der Waals surface area contributed by atoms with Crippen LogP contribution in [0.25, 0.3) is 6.08 Å². The molecule has 0 atom stereocenters. The van der Waals surface area contributed by atoms with Crippen LogP contribution in [0.2, 0.25) is 0 Å². The molecule has 2 aromatic carbocycles. The fraction of sp³-hybridized carbons (Fsp3) is 0.0500. The zero-order chi connectivity index (χ0) is 18.4. The van der Waals surface area contributed by atoms with Gasteiger partial charge in [0.25, 0.3) is 0 Å². The minimum Gasteiger partial charge on any atom is -0.340 e. The number of anilines is 3. The fourth-order valence-electron chi connectivity index (χ4n) is 2.24. The fourth-order valence-corrected chi connectivity index (χ4v) is 2.24. The van der Waals surface area contributed by atoms with E-state index in [1.165, 1.54) is 24.5 Å². The molecule has 0 fully saturated rings. The molecule has 0 aliphatic carbocycles. The second kappa shape index (κ2) is 8.02. The Labute approximate surface area is 150 Å². The normalized spacial score (nSPS) is 10.7. The van der Waals surface area contributed by atoms with Crippen molar-refractivity contribution < 1.29 is 9.18 Å². The van der Waals surface area contributed by atoms with Crippen LogP contribution in [0, 0.1) is 12.7 Å².